The summed E-state index contributed by atoms with van der Waals surface area (Å²) >= 11 is 1.12. The van der Waals surface area contributed by atoms with Crippen molar-refractivity contribution >= 4 is 33.0 Å². The second kappa shape index (κ2) is 7.77. The van der Waals surface area contributed by atoms with Crippen LogP contribution in [-0.2, 0) is 10.0 Å². The fourth-order valence-electron chi connectivity index (χ4n) is 3.02. The van der Waals surface area contributed by atoms with Gasteiger partial charge in [-0.15, -0.1) is 11.3 Å². The van der Waals surface area contributed by atoms with Crippen LogP contribution in [0.1, 0.15) is 29.4 Å². The summed E-state index contributed by atoms with van der Waals surface area (Å²) in [6.07, 6.45) is 1.91. The third-order valence-corrected chi connectivity index (χ3v) is 7.33. The Kier molecular flexibility index (Phi) is 5.64. The second-order valence-electron chi connectivity index (χ2n) is 6.41. The molecular weight excluding hydrogens is 372 g/mol. The van der Waals surface area contributed by atoms with E-state index in [1.165, 1.54) is 22.9 Å². The van der Waals surface area contributed by atoms with Gasteiger partial charge in [-0.25, -0.2) is 8.42 Å². The van der Waals surface area contributed by atoms with Gasteiger partial charge < -0.3 is 10.1 Å². The van der Waals surface area contributed by atoms with Crippen molar-refractivity contribution in [2.75, 3.05) is 25.5 Å². The summed E-state index contributed by atoms with van der Waals surface area (Å²) in [4.78, 5) is 13.0. The van der Waals surface area contributed by atoms with Gasteiger partial charge >= 0.3 is 0 Å². The summed E-state index contributed by atoms with van der Waals surface area (Å²) in [6.45, 7) is 3.12. The Morgan fingerprint density at radius 1 is 1.35 bits per heavy atom. The lowest BCUT2D eigenvalue weighted by atomic mass is 10.0. The Hall–Kier alpha value is -1.90. The molecule has 0 radical (unpaired) electrons. The van der Waals surface area contributed by atoms with Gasteiger partial charge in [0.2, 0.25) is 10.0 Å². The smallest absolute Gasteiger partial charge is 0.265 e. The van der Waals surface area contributed by atoms with Crippen LogP contribution < -0.4 is 10.1 Å². The number of nitrogens with zero attached hydrogens (tertiary/aromatic N) is 1. The number of rotatable bonds is 5. The van der Waals surface area contributed by atoms with E-state index in [2.05, 4.69) is 12.2 Å². The highest BCUT2D eigenvalue weighted by Crippen LogP contribution is 2.28. The van der Waals surface area contributed by atoms with E-state index in [9.17, 15) is 13.2 Å². The molecule has 1 aromatic carbocycles. The minimum absolute atomic E-state index is 0.182. The Balaban J connectivity index is 1.77. The topological polar surface area (TPSA) is 75.7 Å². The van der Waals surface area contributed by atoms with Gasteiger partial charge in [0.15, 0.2) is 0 Å². The summed E-state index contributed by atoms with van der Waals surface area (Å²) in [6, 6.07) is 8.53. The summed E-state index contributed by atoms with van der Waals surface area (Å²) in [5, 5.41) is 4.30. The van der Waals surface area contributed by atoms with Gasteiger partial charge in [-0.3, -0.25) is 4.79 Å². The number of nitrogens with one attached hydrogen (secondary N) is 1. The molecule has 1 aliphatic heterocycles. The van der Waals surface area contributed by atoms with Crippen LogP contribution in [0.4, 0.5) is 5.69 Å². The number of hydrogen-bond acceptors (Lipinski definition) is 5. The molecule has 0 unspecified atom stereocenters. The third-order valence-electron chi connectivity index (χ3n) is 4.41. The molecule has 1 atom stereocenters. The molecule has 6 nitrogen and oxygen atoms in total. The first-order chi connectivity index (χ1) is 12.4. The molecule has 0 spiro atoms. The van der Waals surface area contributed by atoms with Crippen molar-refractivity contribution in [2.24, 2.45) is 5.92 Å². The van der Waals surface area contributed by atoms with Crippen LogP contribution in [0.2, 0.25) is 0 Å². The van der Waals surface area contributed by atoms with Crippen LogP contribution in [0.15, 0.2) is 40.6 Å². The maximum absolute atomic E-state index is 12.8. The van der Waals surface area contributed by atoms with Crippen LogP contribution in [0.3, 0.4) is 0 Å². The van der Waals surface area contributed by atoms with Crippen molar-refractivity contribution in [1.82, 2.24) is 4.31 Å². The molecule has 1 amide bonds. The van der Waals surface area contributed by atoms with Crippen LogP contribution >= 0.6 is 11.3 Å². The number of benzene rings is 1. The number of piperidine rings is 1. The molecule has 0 aliphatic carbocycles. The van der Waals surface area contributed by atoms with Crippen LogP contribution in [0.5, 0.6) is 5.75 Å². The van der Waals surface area contributed by atoms with Crippen molar-refractivity contribution < 1.29 is 17.9 Å². The maximum atomic E-state index is 12.8. The number of carbonyl (C=O) groups excluding carboxylic acids is 1. The maximum Gasteiger partial charge on any atom is 0.265 e. The predicted molar refractivity (Wildman–Crippen MR) is 102 cm³/mol. The summed E-state index contributed by atoms with van der Waals surface area (Å²) in [5.41, 5.74) is 0.544. The molecule has 2 aromatic rings. The van der Waals surface area contributed by atoms with E-state index >= 15 is 0 Å². The Labute approximate surface area is 157 Å². The monoisotopic (exact) mass is 394 g/mol. The van der Waals surface area contributed by atoms with Crippen LogP contribution in [0.25, 0.3) is 0 Å². The molecule has 1 saturated heterocycles. The van der Waals surface area contributed by atoms with E-state index in [1.807, 2.05) is 6.07 Å². The number of methoxy groups -OCH3 is 1. The Morgan fingerprint density at radius 2 is 2.12 bits per heavy atom. The molecule has 1 fully saturated rings. The second-order valence-corrected chi connectivity index (χ2v) is 9.26. The van der Waals surface area contributed by atoms with Crippen molar-refractivity contribution in [2.45, 2.75) is 24.7 Å². The lowest BCUT2D eigenvalue weighted by Gasteiger charge is -2.29. The van der Waals surface area contributed by atoms with Gasteiger partial charge in [0.25, 0.3) is 5.91 Å². The molecule has 3 rings (SSSR count). The van der Waals surface area contributed by atoms with E-state index in [0.717, 1.165) is 24.2 Å². The number of sulfonamides is 1. The lowest BCUT2D eigenvalue weighted by Crippen LogP contribution is -2.38. The first-order valence-corrected chi connectivity index (χ1v) is 10.8. The fraction of sp³-hybridized carbons (Fsp3) is 0.389. The molecule has 8 heteroatoms. The van der Waals surface area contributed by atoms with E-state index in [1.54, 1.807) is 18.2 Å². The average Bonchev–Trinajstić information content (AvgIpc) is 3.13. The summed E-state index contributed by atoms with van der Waals surface area (Å²) in [7, 11) is -2.03. The molecule has 0 bridgehead atoms. The standard InChI is InChI=1S/C18H22N2O4S2/c1-13-6-5-9-20(11-13)26(22,23)14-10-17(25-12-14)18(21)19-15-7-3-4-8-16(15)24-2/h3-4,7-8,10,12-13H,5-6,9,11H2,1-2H3,(H,19,21)/t13-/m1/s1. The molecule has 1 N–H and O–H groups in total. The molecule has 1 aromatic heterocycles. The first-order valence-electron chi connectivity index (χ1n) is 8.45. The van der Waals surface area contributed by atoms with E-state index in [0.29, 0.717) is 35.3 Å². The Bertz CT molecular complexity index is 892. The molecule has 0 saturated carbocycles. The average molecular weight is 395 g/mol. The number of hydrogen-bond donors (Lipinski definition) is 1. The summed E-state index contributed by atoms with van der Waals surface area (Å²) < 4.78 is 32.4. The third kappa shape index (κ3) is 3.92. The quantitative estimate of drug-likeness (QED) is 0.843. The minimum Gasteiger partial charge on any atom is -0.495 e. The fourth-order valence-corrected chi connectivity index (χ4v) is 5.77. The van der Waals surface area contributed by atoms with Gasteiger partial charge in [0, 0.05) is 18.5 Å². The molecule has 140 valence electrons. The molecular formula is C18H22N2O4S2. The van der Waals surface area contributed by atoms with Crippen molar-refractivity contribution in [3.63, 3.8) is 0 Å². The normalized spacial score (nSPS) is 18.5. The van der Waals surface area contributed by atoms with Gasteiger partial charge in [-0.2, -0.15) is 4.31 Å². The highest BCUT2D eigenvalue weighted by Gasteiger charge is 2.30. The van der Waals surface area contributed by atoms with Crippen LogP contribution in [0, 0.1) is 5.92 Å². The number of anilines is 1. The number of para-hydroxylation sites is 2. The van der Waals surface area contributed by atoms with Gasteiger partial charge in [-0.1, -0.05) is 19.1 Å². The number of ether oxygens (including phenoxy) is 1. The van der Waals surface area contributed by atoms with Gasteiger partial charge in [0.1, 0.15) is 5.75 Å². The summed E-state index contributed by atoms with van der Waals surface area (Å²) in [5.74, 6) is 0.547. The molecule has 2 heterocycles. The van der Waals surface area contributed by atoms with E-state index < -0.39 is 10.0 Å². The zero-order valence-corrected chi connectivity index (χ0v) is 16.4. The highest BCUT2D eigenvalue weighted by molar-refractivity contribution is 7.89. The number of carbonyl (C=O) groups is 1. The molecule has 1 aliphatic rings. The highest BCUT2D eigenvalue weighted by atomic mass is 32.2. The Morgan fingerprint density at radius 3 is 2.85 bits per heavy atom. The zero-order valence-electron chi connectivity index (χ0n) is 14.8. The van der Waals surface area contributed by atoms with Crippen molar-refractivity contribution in [1.29, 1.82) is 0 Å². The number of thiophene rings is 1. The lowest BCUT2D eigenvalue weighted by molar-refractivity contribution is 0.103. The largest absolute Gasteiger partial charge is 0.495 e. The zero-order chi connectivity index (χ0) is 18.7. The van der Waals surface area contributed by atoms with E-state index in [4.69, 9.17) is 4.74 Å². The predicted octanol–water partition coefficient (Wildman–Crippen LogP) is 3.43. The van der Waals surface area contributed by atoms with Crippen LogP contribution in [-0.4, -0.2) is 38.8 Å². The minimum atomic E-state index is -3.55. The van der Waals surface area contributed by atoms with Crippen molar-refractivity contribution in [3.8, 4) is 5.75 Å². The molecule has 26 heavy (non-hydrogen) atoms. The van der Waals surface area contributed by atoms with Gasteiger partial charge in [0.05, 0.1) is 22.6 Å². The SMILES string of the molecule is COc1ccccc1NC(=O)c1cc(S(=O)(=O)N2CCC[C@@H](C)C2)cs1. The van der Waals surface area contributed by atoms with E-state index in [-0.39, 0.29) is 10.8 Å². The van der Waals surface area contributed by atoms with Crippen molar-refractivity contribution in [3.05, 3.63) is 40.6 Å². The van der Waals surface area contributed by atoms with Gasteiger partial charge in [-0.05, 0) is 37.0 Å². The first kappa shape index (κ1) is 18.9. The number of amides is 1.